The third-order valence-corrected chi connectivity index (χ3v) is 2.73. The van der Waals surface area contributed by atoms with E-state index in [0.29, 0.717) is 5.41 Å². The van der Waals surface area contributed by atoms with Gasteiger partial charge in [-0.3, -0.25) is 0 Å². The molecule has 1 radical (unpaired) electrons. The second-order valence-electron chi connectivity index (χ2n) is 3.39. The fourth-order valence-electron chi connectivity index (χ4n) is 2.12. The van der Waals surface area contributed by atoms with E-state index >= 15 is 0 Å². The topological polar surface area (TPSA) is 12.0 Å². The Morgan fingerprint density at radius 1 is 1.33 bits per heavy atom. The van der Waals surface area contributed by atoms with E-state index in [4.69, 9.17) is 0 Å². The van der Waals surface area contributed by atoms with E-state index < -0.39 is 0 Å². The van der Waals surface area contributed by atoms with Crippen LogP contribution in [0.15, 0.2) is 0 Å². The Balaban J connectivity index is 2.04. The van der Waals surface area contributed by atoms with Crippen LogP contribution in [0.2, 0.25) is 0 Å². The van der Waals surface area contributed by atoms with Gasteiger partial charge in [-0.2, -0.15) is 0 Å². The van der Waals surface area contributed by atoms with Crippen molar-refractivity contribution < 1.29 is 0 Å². The minimum absolute atomic E-state index is 0.653. The Hall–Kier alpha value is -0.0400. The summed E-state index contributed by atoms with van der Waals surface area (Å²) in [5, 5.41) is 3.42. The van der Waals surface area contributed by atoms with Gasteiger partial charge in [0, 0.05) is 6.54 Å². The highest BCUT2D eigenvalue weighted by atomic mass is 14.9. The molecule has 1 heterocycles. The summed E-state index contributed by atoms with van der Waals surface area (Å²) in [6.45, 7) is 2.50. The van der Waals surface area contributed by atoms with Crippen LogP contribution in [0.5, 0.6) is 0 Å². The maximum absolute atomic E-state index is 3.42. The van der Waals surface area contributed by atoms with Crippen molar-refractivity contribution in [1.29, 1.82) is 0 Å². The van der Waals surface area contributed by atoms with Gasteiger partial charge in [0.2, 0.25) is 0 Å². The number of nitrogens with one attached hydrogen (secondary N) is 1. The Labute approximate surface area is 56.8 Å². The Morgan fingerprint density at radius 3 is 2.89 bits per heavy atom. The summed E-state index contributed by atoms with van der Waals surface area (Å²) in [7, 11) is 0. The molecule has 1 heteroatoms. The molecule has 0 aromatic carbocycles. The lowest BCUT2D eigenvalue weighted by Crippen LogP contribution is -2.19. The second-order valence-corrected chi connectivity index (χ2v) is 3.39. The van der Waals surface area contributed by atoms with E-state index in [-0.39, 0.29) is 0 Å². The molecule has 2 aliphatic rings. The second kappa shape index (κ2) is 1.98. The zero-order valence-corrected chi connectivity index (χ0v) is 5.82. The lowest BCUT2D eigenvalue weighted by Gasteiger charge is -2.19. The van der Waals surface area contributed by atoms with Crippen LogP contribution in [-0.2, 0) is 0 Å². The molecule has 0 aromatic heterocycles. The maximum Gasteiger partial charge on any atom is 0.00111 e. The minimum Gasteiger partial charge on any atom is -0.316 e. The van der Waals surface area contributed by atoms with Gasteiger partial charge in [-0.05, 0) is 37.6 Å². The summed E-state index contributed by atoms with van der Waals surface area (Å²) in [5.41, 5.74) is 0.653. The lowest BCUT2D eigenvalue weighted by molar-refractivity contribution is 0.404. The minimum atomic E-state index is 0.653. The highest BCUT2D eigenvalue weighted by molar-refractivity contribution is 5.02. The van der Waals surface area contributed by atoms with Crippen molar-refractivity contribution in [3.05, 3.63) is 6.42 Å². The zero-order chi connectivity index (χ0) is 6.16. The number of hydrogen-bond acceptors (Lipinski definition) is 1. The first-order chi connectivity index (χ1) is 4.41. The van der Waals surface area contributed by atoms with Crippen molar-refractivity contribution in [1.82, 2.24) is 5.32 Å². The molecular weight excluding hydrogens is 110 g/mol. The molecule has 1 N–H and O–H groups in total. The first kappa shape index (κ1) is 5.72. The summed E-state index contributed by atoms with van der Waals surface area (Å²) >= 11 is 0. The van der Waals surface area contributed by atoms with Crippen LogP contribution in [0.3, 0.4) is 0 Å². The zero-order valence-electron chi connectivity index (χ0n) is 5.82. The number of rotatable bonds is 0. The van der Waals surface area contributed by atoms with Gasteiger partial charge in [-0.15, -0.1) is 0 Å². The van der Waals surface area contributed by atoms with Crippen molar-refractivity contribution >= 4 is 0 Å². The molecule has 1 unspecified atom stereocenters. The first-order valence-corrected chi connectivity index (χ1v) is 3.96. The van der Waals surface area contributed by atoms with Gasteiger partial charge in [0.25, 0.3) is 0 Å². The van der Waals surface area contributed by atoms with E-state index in [9.17, 15) is 0 Å². The first-order valence-electron chi connectivity index (χ1n) is 3.96. The van der Waals surface area contributed by atoms with Crippen LogP contribution in [-0.4, -0.2) is 13.1 Å². The fraction of sp³-hybridized carbons (Fsp3) is 0.875. The SMILES string of the molecule is [CH]1CCCC12CCNC2. The summed E-state index contributed by atoms with van der Waals surface area (Å²) in [5.74, 6) is 0. The van der Waals surface area contributed by atoms with Gasteiger partial charge < -0.3 is 5.32 Å². The van der Waals surface area contributed by atoms with Gasteiger partial charge >= 0.3 is 0 Å². The summed E-state index contributed by atoms with van der Waals surface area (Å²) < 4.78 is 0. The van der Waals surface area contributed by atoms with Gasteiger partial charge in [-0.1, -0.05) is 6.42 Å². The van der Waals surface area contributed by atoms with Gasteiger partial charge in [0.15, 0.2) is 0 Å². The molecule has 0 amide bonds. The van der Waals surface area contributed by atoms with Crippen molar-refractivity contribution in [2.75, 3.05) is 13.1 Å². The Bertz CT molecular complexity index is 79.6. The highest BCUT2D eigenvalue weighted by Gasteiger charge is 2.36. The number of hydrogen-bond donors (Lipinski definition) is 1. The van der Waals surface area contributed by atoms with Crippen LogP contribution < -0.4 is 5.32 Å². The predicted molar refractivity (Wildman–Crippen MR) is 38.1 cm³/mol. The molecular formula is C8H14N. The molecule has 1 saturated carbocycles. The van der Waals surface area contributed by atoms with Gasteiger partial charge in [0.1, 0.15) is 0 Å². The summed E-state index contributed by atoms with van der Waals surface area (Å²) in [6, 6.07) is 0. The molecule has 9 heavy (non-hydrogen) atoms. The highest BCUT2D eigenvalue weighted by Crippen LogP contribution is 2.41. The molecule has 1 atom stereocenters. The molecule has 1 nitrogen and oxygen atoms in total. The predicted octanol–water partition coefficient (Wildman–Crippen LogP) is 1.35. The molecule has 1 saturated heterocycles. The summed E-state index contributed by atoms with van der Waals surface area (Å²) in [6.07, 6.45) is 8.17. The quantitative estimate of drug-likeness (QED) is 0.514. The normalized spacial score (nSPS) is 32.0. The van der Waals surface area contributed by atoms with Gasteiger partial charge in [-0.25, -0.2) is 0 Å². The fourth-order valence-corrected chi connectivity index (χ4v) is 2.12. The largest absolute Gasteiger partial charge is 0.316 e. The van der Waals surface area contributed by atoms with Crippen LogP contribution in [0, 0.1) is 11.8 Å². The van der Waals surface area contributed by atoms with Crippen molar-refractivity contribution in [3.8, 4) is 0 Å². The molecule has 1 aliphatic carbocycles. The average molecular weight is 124 g/mol. The molecule has 1 aliphatic heterocycles. The molecule has 2 rings (SSSR count). The van der Waals surface area contributed by atoms with E-state index in [0.717, 1.165) is 0 Å². The lowest BCUT2D eigenvalue weighted by atomic mass is 9.86. The van der Waals surface area contributed by atoms with Crippen molar-refractivity contribution in [3.63, 3.8) is 0 Å². The van der Waals surface area contributed by atoms with Crippen molar-refractivity contribution in [2.45, 2.75) is 25.7 Å². The van der Waals surface area contributed by atoms with Crippen LogP contribution in [0.4, 0.5) is 0 Å². The molecule has 0 aromatic rings. The maximum atomic E-state index is 3.42. The monoisotopic (exact) mass is 124 g/mol. The Kier molecular flexibility index (Phi) is 1.26. The van der Waals surface area contributed by atoms with Gasteiger partial charge in [0.05, 0.1) is 0 Å². The van der Waals surface area contributed by atoms with Crippen LogP contribution >= 0.6 is 0 Å². The van der Waals surface area contributed by atoms with E-state index in [1.807, 2.05) is 0 Å². The van der Waals surface area contributed by atoms with Crippen LogP contribution in [0.25, 0.3) is 0 Å². The Morgan fingerprint density at radius 2 is 2.33 bits per heavy atom. The molecule has 2 fully saturated rings. The van der Waals surface area contributed by atoms with Crippen LogP contribution in [0.1, 0.15) is 25.7 Å². The third kappa shape index (κ3) is 0.877. The molecule has 1 spiro atoms. The van der Waals surface area contributed by atoms with E-state index in [1.54, 1.807) is 0 Å². The van der Waals surface area contributed by atoms with Crippen molar-refractivity contribution in [2.24, 2.45) is 5.41 Å². The molecule has 51 valence electrons. The van der Waals surface area contributed by atoms with E-state index in [2.05, 4.69) is 11.7 Å². The molecule has 0 bridgehead atoms. The summed E-state index contributed by atoms with van der Waals surface area (Å²) in [4.78, 5) is 0. The average Bonchev–Trinajstić information content (AvgIpc) is 2.45. The van der Waals surface area contributed by atoms with E-state index in [1.165, 1.54) is 38.8 Å². The smallest absolute Gasteiger partial charge is 0.00111 e. The third-order valence-electron chi connectivity index (χ3n) is 2.73. The standard InChI is InChI=1S/C8H14N/c1-2-4-8(3-1)5-6-9-7-8/h3,9H,1-2,4-7H2.